The summed E-state index contributed by atoms with van der Waals surface area (Å²) in [6, 6.07) is 10.3. The summed E-state index contributed by atoms with van der Waals surface area (Å²) in [5.74, 6) is 1.68. The van der Waals surface area contributed by atoms with E-state index in [1.807, 2.05) is 25.2 Å². The van der Waals surface area contributed by atoms with E-state index >= 15 is 0 Å². The molecule has 0 saturated heterocycles. The van der Waals surface area contributed by atoms with Gasteiger partial charge in [-0.05, 0) is 11.5 Å². The van der Waals surface area contributed by atoms with Gasteiger partial charge in [0.15, 0.2) is 0 Å². The van der Waals surface area contributed by atoms with Gasteiger partial charge in [0.25, 0.3) is 0 Å². The van der Waals surface area contributed by atoms with Gasteiger partial charge >= 0.3 is 0 Å². The molecule has 0 spiro atoms. The van der Waals surface area contributed by atoms with Crippen molar-refractivity contribution in [1.29, 1.82) is 0 Å². The Morgan fingerprint density at radius 1 is 1.11 bits per heavy atom. The van der Waals surface area contributed by atoms with Crippen LogP contribution in [-0.4, -0.2) is 9.78 Å². The number of anilines is 1. The number of hydrogen-bond donors (Lipinski definition) is 1. The Bertz CT molecular complexity index is 526. The first-order chi connectivity index (χ1) is 8.52. The molecule has 1 heterocycles. The number of nitrogen functional groups attached to an aromatic ring is 1. The van der Waals surface area contributed by atoms with E-state index in [0.29, 0.717) is 11.8 Å². The zero-order chi connectivity index (χ0) is 13.3. The van der Waals surface area contributed by atoms with Gasteiger partial charge in [-0.2, -0.15) is 5.10 Å². The van der Waals surface area contributed by atoms with Crippen molar-refractivity contribution in [3.63, 3.8) is 0 Å². The molecule has 3 heteroatoms. The highest BCUT2D eigenvalue weighted by Gasteiger charge is 2.22. The SMILES string of the molecule is CC(C)C(C)c1nn(C)c(N)c1-c1ccccc1. The number of nitrogens with zero attached hydrogens (tertiary/aromatic N) is 2. The number of aromatic nitrogens is 2. The topological polar surface area (TPSA) is 43.8 Å². The Morgan fingerprint density at radius 2 is 1.72 bits per heavy atom. The van der Waals surface area contributed by atoms with E-state index in [9.17, 15) is 0 Å². The van der Waals surface area contributed by atoms with Crippen molar-refractivity contribution in [1.82, 2.24) is 9.78 Å². The van der Waals surface area contributed by atoms with Crippen LogP contribution in [0.4, 0.5) is 5.82 Å². The average Bonchev–Trinajstić information content (AvgIpc) is 2.66. The third-order valence-corrected chi connectivity index (χ3v) is 3.61. The van der Waals surface area contributed by atoms with Crippen LogP contribution in [0.2, 0.25) is 0 Å². The molecule has 2 N–H and O–H groups in total. The van der Waals surface area contributed by atoms with Crippen LogP contribution in [0.25, 0.3) is 11.1 Å². The number of aryl methyl sites for hydroxylation is 1. The minimum absolute atomic E-state index is 0.392. The van der Waals surface area contributed by atoms with Crippen LogP contribution in [-0.2, 0) is 7.05 Å². The number of benzene rings is 1. The summed E-state index contributed by atoms with van der Waals surface area (Å²) in [4.78, 5) is 0. The van der Waals surface area contributed by atoms with Crippen molar-refractivity contribution in [3.05, 3.63) is 36.0 Å². The fourth-order valence-corrected chi connectivity index (χ4v) is 2.09. The maximum atomic E-state index is 6.17. The monoisotopic (exact) mass is 243 g/mol. The van der Waals surface area contributed by atoms with Crippen LogP contribution in [0.1, 0.15) is 32.4 Å². The van der Waals surface area contributed by atoms with Crippen LogP contribution >= 0.6 is 0 Å². The molecule has 0 saturated carbocycles. The first-order valence-electron chi connectivity index (χ1n) is 6.40. The van der Waals surface area contributed by atoms with E-state index in [1.165, 1.54) is 0 Å². The van der Waals surface area contributed by atoms with E-state index in [1.54, 1.807) is 4.68 Å². The lowest BCUT2D eigenvalue weighted by Crippen LogP contribution is -2.04. The predicted molar refractivity (Wildman–Crippen MR) is 76.3 cm³/mol. The van der Waals surface area contributed by atoms with Gasteiger partial charge in [0.05, 0.1) is 5.69 Å². The molecule has 3 nitrogen and oxygen atoms in total. The van der Waals surface area contributed by atoms with Crippen LogP contribution in [0.5, 0.6) is 0 Å². The quantitative estimate of drug-likeness (QED) is 0.897. The van der Waals surface area contributed by atoms with E-state index in [4.69, 9.17) is 5.73 Å². The molecule has 2 rings (SSSR count). The highest BCUT2D eigenvalue weighted by Crippen LogP contribution is 2.36. The van der Waals surface area contributed by atoms with Crippen molar-refractivity contribution in [3.8, 4) is 11.1 Å². The fraction of sp³-hybridized carbons (Fsp3) is 0.400. The zero-order valence-corrected chi connectivity index (χ0v) is 11.5. The first-order valence-corrected chi connectivity index (χ1v) is 6.40. The second-order valence-electron chi connectivity index (χ2n) is 5.17. The van der Waals surface area contributed by atoms with Gasteiger partial charge in [-0.15, -0.1) is 0 Å². The second kappa shape index (κ2) is 4.84. The van der Waals surface area contributed by atoms with E-state index < -0.39 is 0 Å². The minimum Gasteiger partial charge on any atom is -0.383 e. The Hall–Kier alpha value is -1.77. The van der Waals surface area contributed by atoms with Gasteiger partial charge in [-0.25, -0.2) is 0 Å². The Kier molecular flexibility index (Phi) is 3.41. The zero-order valence-electron chi connectivity index (χ0n) is 11.5. The molecular weight excluding hydrogens is 222 g/mol. The summed E-state index contributed by atoms with van der Waals surface area (Å²) in [6.07, 6.45) is 0. The van der Waals surface area contributed by atoms with Crippen LogP contribution in [0.3, 0.4) is 0 Å². The molecular formula is C15H21N3. The Morgan fingerprint density at radius 3 is 2.28 bits per heavy atom. The third kappa shape index (κ3) is 2.13. The lowest BCUT2D eigenvalue weighted by Gasteiger charge is -2.15. The molecule has 0 aliphatic heterocycles. The van der Waals surface area contributed by atoms with Crippen LogP contribution in [0, 0.1) is 5.92 Å². The van der Waals surface area contributed by atoms with Crippen molar-refractivity contribution in [2.45, 2.75) is 26.7 Å². The number of rotatable bonds is 3. The smallest absolute Gasteiger partial charge is 0.129 e. The minimum atomic E-state index is 0.392. The number of hydrogen-bond acceptors (Lipinski definition) is 2. The third-order valence-electron chi connectivity index (χ3n) is 3.61. The molecule has 0 amide bonds. The molecule has 1 aromatic carbocycles. The fourth-order valence-electron chi connectivity index (χ4n) is 2.09. The number of nitrogens with two attached hydrogens (primary N) is 1. The molecule has 0 aliphatic rings. The summed E-state index contributed by atoms with van der Waals surface area (Å²) in [5.41, 5.74) is 9.49. The normalized spacial score (nSPS) is 12.9. The average molecular weight is 243 g/mol. The van der Waals surface area contributed by atoms with Crippen LogP contribution in [0.15, 0.2) is 30.3 Å². The molecule has 1 unspecified atom stereocenters. The van der Waals surface area contributed by atoms with Crippen LogP contribution < -0.4 is 5.73 Å². The van der Waals surface area contributed by atoms with E-state index in [-0.39, 0.29) is 0 Å². The summed E-state index contributed by atoms with van der Waals surface area (Å²) in [5, 5.41) is 4.60. The van der Waals surface area contributed by atoms with Crippen molar-refractivity contribution in [2.24, 2.45) is 13.0 Å². The molecule has 18 heavy (non-hydrogen) atoms. The standard InChI is InChI=1S/C15H21N3/c1-10(2)11(3)14-13(15(16)18(4)17-14)12-8-6-5-7-9-12/h5-11H,16H2,1-4H3. The Balaban J connectivity index is 2.59. The Labute approximate surface area is 109 Å². The van der Waals surface area contributed by atoms with Gasteiger partial charge in [-0.1, -0.05) is 51.1 Å². The highest BCUT2D eigenvalue weighted by molar-refractivity contribution is 5.77. The molecule has 2 aromatic rings. The summed E-state index contributed by atoms with van der Waals surface area (Å²) in [6.45, 7) is 6.63. The van der Waals surface area contributed by atoms with Crippen molar-refractivity contribution >= 4 is 5.82 Å². The van der Waals surface area contributed by atoms with Crippen molar-refractivity contribution in [2.75, 3.05) is 5.73 Å². The molecule has 0 bridgehead atoms. The van der Waals surface area contributed by atoms with E-state index in [2.05, 4.69) is 38.0 Å². The van der Waals surface area contributed by atoms with Gasteiger partial charge in [0.2, 0.25) is 0 Å². The maximum absolute atomic E-state index is 6.17. The predicted octanol–water partition coefficient (Wildman–Crippen LogP) is 3.43. The molecule has 0 aliphatic carbocycles. The molecule has 0 fully saturated rings. The highest BCUT2D eigenvalue weighted by atomic mass is 15.3. The molecule has 0 radical (unpaired) electrons. The molecule has 96 valence electrons. The summed E-state index contributed by atoms with van der Waals surface area (Å²) >= 11 is 0. The maximum Gasteiger partial charge on any atom is 0.129 e. The van der Waals surface area contributed by atoms with Gasteiger partial charge in [-0.3, -0.25) is 4.68 Å². The lowest BCUT2D eigenvalue weighted by atomic mass is 9.90. The largest absolute Gasteiger partial charge is 0.383 e. The van der Waals surface area contributed by atoms with Gasteiger partial charge in [0, 0.05) is 18.5 Å². The summed E-state index contributed by atoms with van der Waals surface area (Å²) < 4.78 is 1.77. The molecule has 1 atom stereocenters. The first kappa shape index (κ1) is 12.7. The van der Waals surface area contributed by atoms with Crippen molar-refractivity contribution < 1.29 is 0 Å². The second-order valence-corrected chi connectivity index (χ2v) is 5.17. The van der Waals surface area contributed by atoms with Gasteiger partial charge in [0.1, 0.15) is 5.82 Å². The van der Waals surface area contributed by atoms with Gasteiger partial charge < -0.3 is 5.73 Å². The molecule has 1 aromatic heterocycles. The lowest BCUT2D eigenvalue weighted by molar-refractivity contribution is 0.517. The summed E-state index contributed by atoms with van der Waals surface area (Å²) in [7, 11) is 1.90. The van der Waals surface area contributed by atoms with E-state index in [0.717, 1.165) is 22.6 Å².